The molecule has 1 aromatic carbocycles. The molecule has 0 saturated heterocycles. The van der Waals surface area contributed by atoms with Crippen LogP contribution in [0, 0.1) is 6.92 Å². The average molecular weight is 299 g/mol. The number of nitrogens with zero attached hydrogens (tertiary/aromatic N) is 1. The summed E-state index contributed by atoms with van der Waals surface area (Å²) in [6.45, 7) is 4.05. The van der Waals surface area contributed by atoms with Gasteiger partial charge in [0.05, 0.1) is 6.61 Å². The first-order valence-electron chi connectivity index (χ1n) is 6.23. The summed E-state index contributed by atoms with van der Waals surface area (Å²) in [5.74, 6) is -0.858. The van der Waals surface area contributed by atoms with Gasteiger partial charge in [0.1, 0.15) is 6.04 Å². The fraction of sp³-hybridized carbons (Fsp3) is 0.429. The Bertz CT molecular complexity index is 505. The molecule has 0 aliphatic heterocycles. The number of rotatable bonds is 6. The number of ether oxygens (including phenoxy) is 1. The highest BCUT2D eigenvalue weighted by atomic mass is 35.5. The Balaban J connectivity index is 3.02. The van der Waals surface area contributed by atoms with Crippen molar-refractivity contribution in [2.75, 3.05) is 20.3 Å². The highest BCUT2D eigenvalue weighted by molar-refractivity contribution is 6.31. The number of hydrogen-bond acceptors (Lipinski definition) is 3. The lowest BCUT2D eigenvalue weighted by molar-refractivity contribution is -0.122. The van der Waals surface area contributed by atoms with E-state index in [2.05, 4.69) is 0 Å². The minimum atomic E-state index is -0.710. The van der Waals surface area contributed by atoms with Gasteiger partial charge in [0, 0.05) is 24.2 Å². The molecular weight excluding hydrogens is 280 g/mol. The normalized spacial score (nSPS) is 12.0. The van der Waals surface area contributed by atoms with Crippen LogP contribution in [0.1, 0.15) is 22.8 Å². The van der Waals surface area contributed by atoms with E-state index < -0.39 is 11.9 Å². The van der Waals surface area contributed by atoms with Crippen molar-refractivity contribution in [1.29, 1.82) is 0 Å². The molecule has 0 radical (unpaired) electrons. The number of carbonyl (C=O) groups is 2. The van der Waals surface area contributed by atoms with E-state index in [1.165, 1.54) is 12.0 Å². The number of hydrogen-bond donors (Lipinski definition) is 1. The second-order valence-corrected chi connectivity index (χ2v) is 4.94. The Hall–Kier alpha value is -1.59. The molecule has 2 amide bonds. The van der Waals surface area contributed by atoms with Gasteiger partial charge in [-0.1, -0.05) is 17.7 Å². The van der Waals surface area contributed by atoms with Crippen LogP contribution < -0.4 is 5.73 Å². The summed E-state index contributed by atoms with van der Waals surface area (Å²) in [7, 11) is 1.53. The molecule has 0 spiro atoms. The molecule has 110 valence electrons. The lowest BCUT2D eigenvalue weighted by Gasteiger charge is -2.27. The summed E-state index contributed by atoms with van der Waals surface area (Å²) in [5, 5.41) is 0.509. The molecule has 1 atom stereocenters. The number of aryl methyl sites for hydroxylation is 1. The lowest BCUT2D eigenvalue weighted by atomic mass is 10.1. The van der Waals surface area contributed by atoms with Crippen LogP contribution in [0.2, 0.25) is 5.02 Å². The molecule has 6 heteroatoms. The molecule has 2 N–H and O–H groups in total. The highest BCUT2D eigenvalue weighted by Gasteiger charge is 2.25. The Labute approximate surface area is 123 Å². The van der Waals surface area contributed by atoms with Crippen LogP contribution in [-0.4, -0.2) is 43.0 Å². The van der Waals surface area contributed by atoms with Gasteiger partial charge in [0.15, 0.2) is 0 Å². The van der Waals surface area contributed by atoms with Gasteiger partial charge in [-0.3, -0.25) is 9.59 Å². The zero-order chi connectivity index (χ0) is 15.3. The van der Waals surface area contributed by atoms with Crippen LogP contribution in [-0.2, 0) is 9.53 Å². The third-order valence-corrected chi connectivity index (χ3v) is 3.50. The molecule has 0 aliphatic rings. The molecule has 0 saturated carbocycles. The Morgan fingerprint density at radius 3 is 2.60 bits per heavy atom. The van der Waals surface area contributed by atoms with Crippen LogP contribution in [0.5, 0.6) is 0 Å². The van der Waals surface area contributed by atoms with E-state index in [9.17, 15) is 9.59 Å². The summed E-state index contributed by atoms with van der Waals surface area (Å²) in [5.41, 5.74) is 6.58. The summed E-state index contributed by atoms with van der Waals surface area (Å²) < 4.78 is 4.96. The SMILES string of the molecule is COCCN(C(=O)c1ccc(C)c(Cl)c1)[C@@H](C)C(N)=O. The number of halogens is 1. The second-order valence-electron chi connectivity index (χ2n) is 4.53. The smallest absolute Gasteiger partial charge is 0.254 e. The Morgan fingerprint density at radius 2 is 2.10 bits per heavy atom. The molecule has 0 heterocycles. The third-order valence-electron chi connectivity index (χ3n) is 3.10. The van der Waals surface area contributed by atoms with Gasteiger partial charge < -0.3 is 15.4 Å². The second kappa shape index (κ2) is 7.26. The third kappa shape index (κ3) is 3.95. The highest BCUT2D eigenvalue weighted by Crippen LogP contribution is 2.18. The van der Waals surface area contributed by atoms with Gasteiger partial charge >= 0.3 is 0 Å². The van der Waals surface area contributed by atoms with Gasteiger partial charge in [-0.2, -0.15) is 0 Å². The molecule has 0 bridgehead atoms. The fourth-order valence-electron chi connectivity index (χ4n) is 1.71. The Kier molecular flexibility index (Phi) is 5.98. The fourth-order valence-corrected chi connectivity index (χ4v) is 1.89. The average Bonchev–Trinajstić information content (AvgIpc) is 2.41. The Morgan fingerprint density at radius 1 is 1.45 bits per heavy atom. The van der Waals surface area contributed by atoms with E-state index in [0.717, 1.165) is 5.56 Å². The van der Waals surface area contributed by atoms with Gasteiger partial charge in [-0.15, -0.1) is 0 Å². The first-order chi connectivity index (χ1) is 9.38. The predicted molar refractivity (Wildman–Crippen MR) is 77.8 cm³/mol. The maximum Gasteiger partial charge on any atom is 0.254 e. The number of carbonyl (C=O) groups excluding carboxylic acids is 2. The van der Waals surface area contributed by atoms with E-state index in [1.807, 2.05) is 6.92 Å². The summed E-state index contributed by atoms with van der Waals surface area (Å²) >= 11 is 6.02. The topological polar surface area (TPSA) is 72.6 Å². The first-order valence-corrected chi connectivity index (χ1v) is 6.61. The van der Waals surface area contributed by atoms with Crippen molar-refractivity contribution in [3.8, 4) is 0 Å². The van der Waals surface area contributed by atoms with Crippen molar-refractivity contribution in [2.24, 2.45) is 5.73 Å². The van der Waals surface area contributed by atoms with Crippen molar-refractivity contribution in [2.45, 2.75) is 19.9 Å². The van der Waals surface area contributed by atoms with Crippen molar-refractivity contribution in [3.63, 3.8) is 0 Å². The molecule has 1 rings (SSSR count). The summed E-state index contributed by atoms with van der Waals surface area (Å²) in [6.07, 6.45) is 0. The summed E-state index contributed by atoms with van der Waals surface area (Å²) in [4.78, 5) is 25.2. The van der Waals surface area contributed by atoms with Gasteiger partial charge in [-0.05, 0) is 31.5 Å². The van der Waals surface area contributed by atoms with Crippen LogP contribution in [0.4, 0.5) is 0 Å². The molecule has 5 nitrogen and oxygen atoms in total. The van der Waals surface area contributed by atoms with Crippen molar-refractivity contribution in [1.82, 2.24) is 4.90 Å². The van der Waals surface area contributed by atoms with E-state index in [4.69, 9.17) is 22.1 Å². The number of benzene rings is 1. The maximum atomic E-state index is 12.5. The zero-order valence-electron chi connectivity index (χ0n) is 11.9. The maximum absolute atomic E-state index is 12.5. The molecule has 0 fully saturated rings. The van der Waals surface area contributed by atoms with Crippen LogP contribution in [0.3, 0.4) is 0 Å². The van der Waals surface area contributed by atoms with Crippen LogP contribution in [0.25, 0.3) is 0 Å². The number of nitrogens with two attached hydrogens (primary N) is 1. The van der Waals surface area contributed by atoms with Crippen molar-refractivity contribution < 1.29 is 14.3 Å². The largest absolute Gasteiger partial charge is 0.383 e. The minimum absolute atomic E-state index is 0.283. The summed E-state index contributed by atoms with van der Waals surface area (Å²) in [6, 6.07) is 4.32. The number of amides is 2. The molecular formula is C14H19ClN2O3. The molecule has 1 aromatic rings. The van der Waals surface area contributed by atoms with Crippen molar-refractivity contribution >= 4 is 23.4 Å². The lowest BCUT2D eigenvalue weighted by Crippen LogP contribution is -2.47. The molecule has 20 heavy (non-hydrogen) atoms. The monoisotopic (exact) mass is 298 g/mol. The van der Waals surface area contributed by atoms with E-state index >= 15 is 0 Å². The van der Waals surface area contributed by atoms with Crippen LogP contribution >= 0.6 is 11.6 Å². The molecule has 0 unspecified atom stereocenters. The van der Waals surface area contributed by atoms with E-state index in [-0.39, 0.29) is 12.5 Å². The molecule has 0 aromatic heterocycles. The minimum Gasteiger partial charge on any atom is -0.383 e. The predicted octanol–water partition coefficient (Wildman–Crippen LogP) is 1.61. The van der Waals surface area contributed by atoms with Gasteiger partial charge in [0.2, 0.25) is 5.91 Å². The zero-order valence-corrected chi connectivity index (χ0v) is 12.6. The van der Waals surface area contributed by atoms with Crippen LogP contribution in [0.15, 0.2) is 18.2 Å². The van der Waals surface area contributed by atoms with E-state index in [1.54, 1.807) is 25.1 Å². The van der Waals surface area contributed by atoms with Gasteiger partial charge in [-0.25, -0.2) is 0 Å². The number of methoxy groups -OCH3 is 1. The van der Waals surface area contributed by atoms with Gasteiger partial charge in [0.25, 0.3) is 5.91 Å². The quantitative estimate of drug-likeness (QED) is 0.867. The molecule has 0 aliphatic carbocycles. The van der Waals surface area contributed by atoms with E-state index in [0.29, 0.717) is 17.2 Å². The number of primary amides is 1. The van der Waals surface area contributed by atoms with Crippen molar-refractivity contribution in [3.05, 3.63) is 34.3 Å². The standard InChI is InChI=1S/C14H19ClN2O3/c1-9-4-5-11(8-12(9)15)14(19)17(6-7-20-3)10(2)13(16)18/h4-5,8,10H,6-7H2,1-3H3,(H2,16,18)/t10-/m0/s1. The first kappa shape index (κ1) is 16.5.